The monoisotopic (exact) mass is 262 g/mol. The molecule has 1 fully saturated rings. The van der Waals surface area contributed by atoms with Gasteiger partial charge < -0.3 is 9.47 Å². The molecule has 2 heteroatoms. The van der Waals surface area contributed by atoms with Gasteiger partial charge >= 0.3 is 0 Å². The largest absolute Gasteiger partial charge is 0.349 e. The highest BCUT2D eigenvalue weighted by Gasteiger charge is 2.32. The van der Waals surface area contributed by atoms with Gasteiger partial charge in [0.05, 0.1) is 12.7 Å². The van der Waals surface area contributed by atoms with E-state index in [1.165, 1.54) is 31.2 Å². The Morgan fingerprint density at radius 2 is 2.00 bits per heavy atom. The Balaban J connectivity index is 1.71. The zero-order valence-electron chi connectivity index (χ0n) is 12.2. The number of unbranched alkanes of at least 4 members (excludes halogenated alkanes) is 2. The van der Waals surface area contributed by atoms with E-state index in [9.17, 15) is 0 Å². The van der Waals surface area contributed by atoms with E-state index >= 15 is 0 Å². The van der Waals surface area contributed by atoms with Crippen LogP contribution in [0.2, 0.25) is 0 Å². The Labute approximate surface area is 117 Å². The van der Waals surface area contributed by atoms with Crippen LogP contribution < -0.4 is 0 Å². The Hall–Kier alpha value is -0.860. The van der Waals surface area contributed by atoms with Crippen LogP contribution in [-0.2, 0) is 16.1 Å². The molecule has 1 saturated heterocycles. The van der Waals surface area contributed by atoms with E-state index in [1.807, 2.05) is 18.2 Å². The number of hydrogen-bond donors (Lipinski definition) is 0. The molecule has 0 N–H and O–H groups in total. The van der Waals surface area contributed by atoms with Crippen molar-refractivity contribution >= 4 is 0 Å². The first kappa shape index (κ1) is 14.5. The summed E-state index contributed by atoms with van der Waals surface area (Å²) in [6.45, 7) is 5.17. The molecule has 1 aromatic rings. The Morgan fingerprint density at radius 1 is 1.21 bits per heavy atom. The normalized spacial score (nSPS) is 26.7. The van der Waals surface area contributed by atoms with Crippen molar-refractivity contribution in [3.63, 3.8) is 0 Å². The van der Waals surface area contributed by atoms with E-state index in [-0.39, 0.29) is 6.29 Å². The van der Waals surface area contributed by atoms with Gasteiger partial charge in [-0.05, 0) is 17.9 Å². The van der Waals surface area contributed by atoms with Crippen LogP contribution in [0.15, 0.2) is 30.3 Å². The van der Waals surface area contributed by atoms with Crippen LogP contribution in [-0.4, -0.2) is 12.4 Å². The Kier molecular flexibility index (Phi) is 5.87. The average molecular weight is 262 g/mol. The maximum absolute atomic E-state index is 6.02. The van der Waals surface area contributed by atoms with Crippen molar-refractivity contribution in [3.05, 3.63) is 35.9 Å². The van der Waals surface area contributed by atoms with Crippen LogP contribution in [0.5, 0.6) is 0 Å². The lowest BCUT2D eigenvalue weighted by Gasteiger charge is -2.15. The minimum atomic E-state index is -0.0122. The van der Waals surface area contributed by atoms with Gasteiger partial charge in [-0.1, -0.05) is 63.4 Å². The number of ether oxygens (including phenoxy) is 2. The van der Waals surface area contributed by atoms with E-state index in [0.717, 1.165) is 6.42 Å². The Bertz CT molecular complexity index is 350. The van der Waals surface area contributed by atoms with Gasteiger partial charge in [0.15, 0.2) is 6.29 Å². The maximum Gasteiger partial charge on any atom is 0.158 e. The predicted molar refractivity (Wildman–Crippen MR) is 77.8 cm³/mol. The van der Waals surface area contributed by atoms with Gasteiger partial charge in [0.1, 0.15) is 0 Å². The first-order chi connectivity index (χ1) is 9.29. The summed E-state index contributed by atoms with van der Waals surface area (Å²) in [5.41, 5.74) is 1.22. The molecule has 0 amide bonds. The summed E-state index contributed by atoms with van der Waals surface area (Å²) < 4.78 is 11.9. The van der Waals surface area contributed by atoms with Gasteiger partial charge in [-0.25, -0.2) is 0 Å². The summed E-state index contributed by atoms with van der Waals surface area (Å²) in [6, 6.07) is 10.3. The fourth-order valence-electron chi connectivity index (χ4n) is 2.66. The molecule has 1 unspecified atom stereocenters. The van der Waals surface area contributed by atoms with E-state index in [2.05, 4.69) is 26.0 Å². The standard InChI is InChI=1S/C17H26O2/c1-3-4-6-11-16-14(2)12-17(19-16)18-13-15-9-7-5-8-10-15/h5,7-10,14,16-17H,3-4,6,11-13H2,1-2H3/t14-,16+,17?/m1/s1. The molecule has 19 heavy (non-hydrogen) atoms. The fraction of sp³-hybridized carbons (Fsp3) is 0.647. The molecule has 0 radical (unpaired) electrons. The number of benzene rings is 1. The van der Waals surface area contributed by atoms with E-state index in [1.54, 1.807) is 0 Å². The van der Waals surface area contributed by atoms with Crippen LogP contribution in [0.1, 0.15) is 51.5 Å². The van der Waals surface area contributed by atoms with Gasteiger partial charge in [0.25, 0.3) is 0 Å². The van der Waals surface area contributed by atoms with Crippen molar-refractivity contribution in [2.24, 2.45) is 5.92 Å². The van der Waals surface area contributed by atoms with Crippen molar-refractivity contribution in [3.8, 4) is 0 Å². The predicted octanol–water partition coefficient (Wildman–Crippen LogP) is 4.53. The van der Waals surface area contributed by atoms with Crippen LogP contribution in [0.3, 0.4) is 0 Å². The third kappa shape index (κ3) is 4.63. The van der Waals surface area contributed by atoms with Crippen molar-refractivity contribution in [2.75, 3.05) is 0 Å². The van der Waals surface area contributed by atoms with Crippen LogP contribution in [0.4, 0.5) is 0 Å². The molecule has 2 rings (SSSR count). The lowest BCUT2D eigenvalue weighted by molar-refractivity contribution is -0.142. The molecular weight excluding hydrogens is 236 g/mol. The summed E-state index contributed by atoms with van der Waals surface area (Å²) >= 11 is 0. The third-order valence-electron chi connectivity index (χ3n) is 3.90. The topological polar surface area (TPSA) is 18.5 Å². The van der Waals surface area contributed by atoms with Crippen molar-refractivity contribution < 1.29 is 9.47 Å². The smallest absolute Gasteiger partial charge is 0.158 e. The SMILES string of the molecule is CCCCC[C@@H]1OC(OCc2ccccc2)C[C@H]1C. The molecule has 0 saturated carbocycles. The Morgan fingerprint density at radius 3 is 2.74 bits per heavy atom. The zero-order valence-corrected chi connectivity index (χ0v) is 12.2. The van der Waals surface area contributed by atoms with Crippen LogP contribution in [0, 0.1) is 5.92 Å². The third-order valence-corrected chi connectivity index (χ3v) is 3.90. The summed E-state index contributed by atoms with van der Waals surface area (Å²) in [7, 11) is 0. The van der Waals surface area contributed by atoms with Crippen LogP contribution >= 0.6 is 0 Å². The summed E-state index contributed by atoms with van der Waals surface area (Å²) in [5, 5.41) is 0. The van der Waals surface area contributed by atoms with Crippen molar-refractivity contribution in [1.29, 1.82) is 0 Å². The second kappa shape index (κ2) is 7.66. The highest BCUT2D eigenvalue weighted by Crippen LogP contribution is 2.30. The molecule has 2 nitrogen and oxygen atoms in total. The molecule has 3 atom stereocenters. The zero-order chi connectivity index (χ0) is 13.5. The second-order valence-corrected chi connectivity index (χ2v) is 5.61. The van der Waals surface area contributed by atoms with Gasteiger partial charge in [0, 0.05) is 6.42 Å². The lowest BCUT2D eigenvalue weighted by Crippen LogP contribution is -2.15. The van der Waals surface area contributed by atoms with Crippen LogP contribution in [0.25, 0.3) is 0 Å². The first-order valence-electron chi connectivity index (χ1n) is 7.60. The molecule has 106 valence electrons. The highest BCUT2D eigenvalue weighted by atomic mass is 16.7. The first-order valence-corrected chi connectivity index (χ1v) is 7.60. The molecule has 0 spiro atoms. The van der Waals surface area contributed by atoms with E-state index in [0.29, 0.717) is 18.6 Å². The molecule has 1 heterocycles. The summed E-state index contributed by atoms with van der Waals surface area (Å²) in [5.74, 6) is 0.623. The van der Waals surface area contributed by atoms with Crippen molar-refractivity contribution in [2.45, 2.75) is 65.0 Å². The molecule has 0 aliphatic carbocycles. The van der Waals surface area contributed by atoms with Crippen molar-refractivity contribution in [1.82, 2.24) is 0 Å². The lowest BCUT2D eigenvalue weighted by atomic mass is 9.99. The van der Waals surface area contributed by atoms with Gasteiger partial charge in [-0.2, -0.15) is 0 Å². The number of hydrogen-bond acceptors (Lipinski definition) is 2. The maximum atomic E-state index is 6.02. The fourth-order valence-corrected chi connectivity index (χ4v) is 2.66. The molecule has 1 aliphatic rings. The quantitative estimate of drug-likeness (QED) is 0.672. The molecule has 0 aromatic heterocycles. The molecule has 1 aromatic carbocycles. The summed E-state index contributed by atoms with van der Waals surface area (Å²) in [6.07, 6.45) is 6.45. The summed E-state index contributed by atoms with van der Waals surface area (Å²) in [4.78, 5) is 0. The molecule has 1 aliphatic heterocycles. The van der Waals surface area contributed by atoms with Gasteiger partial charge in [0.2, 0.25) is 0 Å². The van der Waals surface area contributed by atoms with Gasteiger partial charge in [-0.3, -0.25) is 0 Å². The average Bonchev–Trinajstić information content (AvgIpc) is 2.79. The molecular formula is C17H26O2. The second-order valence-electron chi connectivity index (χ2n) is 5.61. The van der Waals surface area contributed by atoms with E-state index in [4.69, 9.17) is 9.47 Å². The minimum Gasteiger partial charge on any atom is -0.349 e. The molecule has 0 bridgehead atoms. The minimum absolute atomic E-state index is 0.0122. The van der Waals surface area contributed by atoms with Gasteiger partial charge in [-0.15, -0.1) is 0 Å². The highest BCUT2D eigenvalue weighted by molar-refractivity contribution is 5.13. The number of rotatable bonds is 7. The van der Waals surface area contributed by atoms with E-state index < -0.39 is 0 Å².